The number of benzene rings is 1. The summed E-state index contributed by atoms with van der Waals surface area (Å²) in [4.78, 5) is 14.6. The van der Waals surface area contributed by atoms with Gasteiger partial charge in [-0.1, -0.05) is 43.2 Å². The number of aryl methyl sites for hydroxylation is 1. The number of hydrogen-bond acceptors (Lipinski definition) is 2. The third kappa shape index (κ3) is 2.16. The molecule has 1 aromatic carbocycles. The van der Waals surface area contributed by atoms with Gasteiger partial charge in [0.25, 0.3) is 0 Å². The molecule has 1 amide bonds. The Hall–Kier alpha value is -1.35. The molecule has 0 radical (unpaired) electrons. The van der Waals surface area contributed by atoms with E-state index in [4.69, 9.17) is 0 Å². The predicted octanol–water partition coefficient (Wildman–Crippen LogP) is 2.76. The van der Waals surface area contributed by atoms with E-state index < -0.39 is 0 Å². The summed E-state index contributed by atoms with van der Waals surface area (Å²) < 4.78 is 0. The zero-order valence-corrected chi connectivity index (χ0v) is 11.8. The van der Waals surface area contributed by atoms with E-state index in [9.17, 15) is 4.79 Å². The third-order valence-electron chi connectivity index (χ3n) is 4.29. The van der Waals surface area contributed by atoms with Crippen LogP contribution in [0.25, 0.3) is 0 Å². The van der Waals surface area contributed by atoms with Gasteiger partial charge in [-0.05, 0) is 31.7 Å². The molecule has 1 atom stereocenters. The van der Waals surface area contributed by atoms with Crippen molar-refractivity contribution in [3.63, 3.8) is 0 Å². The van der Waals surface area contributed by atoms with Crippen molar-refractivity contribution in [2.45, 2.75) is 51.2 Å². The summed E-state index contributed by atoms with van der Waals surface area (Å²) in [5.74, 6) is 0.312. The van der Waals surface area contributed by atoms with E-state index in [2.05, 4.69) is 43.4 Å². The topological polar surface area (TPSA) is 32.3 Å². The maximum atomic E-state index is 12.5. The monoisotopic (exact) mass is 258 g/mol. The minimum absolute atomic E-state index is 0.0714. The molecule has 1 aromatic rings. The molecule has 2 aliphatic rings. The van der Waals surface area contributed by atoms with Gasteiger partial charge in [0, 0.05) is 6.54 Å². The number of carbonyl (C=O) groups is 1. The number of nitrogens with one attached hydrogen (secondary N) is 1. The fraction of sp³-hybridized carbons (Fsp3) is 0.562. The predicted molar refractivity (Wildman–Crippen MR) is 75.6 cm³/mol. The van der Waals surface area contributed by atoms with Gasteiger partial charge in [-0.25, -0.2) is 0 Å². The van der Waals surface area contributed by atoms with Crippen molar-refractivity contribution < 1.29 is 4.79 Å². The first-order valence-corrected chi connectivity index (χ1v) is 7.32. The Morgan fingerprint density at radius 1 is 1.32 bits per heavy atom. The lowest BCUT2D eigenvalue weighted by Crippen LogP contribution is -2.32. The number of hydrogen-bond donors (Lipinski definition) is 1. The molecule has 1 heterocycles. The highest BCUT2D eigenvalue weighted by atomic mass is 16.2. The normalized spacial score (nSPS) is 24.2. The van der Waals surface area contributed by atoms with Crippen LogP contribution >= 0.6 is 0 Å². The molecule has 3 heteroatoms. The Morgan fingerprint density at radius 3 is 2.58 bits per heavy atom. The van der Waals surface area contributed by atoms with Gasteiger partial charge in [0.05, 0.1) is 0 Å². The Morgan fingerprint density at radius 2 is 2.00 bits per heavy atom. The smallest absolute Gasteiger partial charge is 0.244 e. The second-order valence-corrected chi connectivity index (χ2v) is 5.89. The van der Waals surface area contributed by atoms with E-state index in [1.54, 1.807) is 0 Å². The molecule has 1 aliphatic heterocycles. The molecule has 1 N–H and O–H groups in total. The van der Waals surface area contributed by atoms with Crippen LogP contribution in [-0.2, 0) is 4.79 Å². The van der Waals surface area contributed by atoms with Gasteiger partial charge in [-0.2, -0.15) is 0 Å². The summed E-state index contributed by atoms with van der Waals surface area (Å²) in [7, 11) is 0. The van der Waals surface area contributed by atoms with Crippen molar-refractivity contribution in [1.29, 1.82) is 0 Å². The molecule has 19 heavy (non-hydrogen) atoms. The second kappa shape index (κ2) is 4.64. The highest BCUT2D eigenvalue weighted by Crippen LogP contribution is 2.45. The first-order chi connectivity index (χ1) is 9.16. The fourth-order valence-corrected chi connectivity index (χ4v) is 2.85. The molecule has 3 rings (SSSR count). The molecule has 1 saturated heterocycles. The van der Waals surface area contributed by atoms with Crippen LogP contribution in [0, 0.1) is 6.92 Å². The average molecular weight is 258 g/mol. The van der Waals surface area contributed by atoms with E-state index in [0.29, 0.717) is 5.91 Å². The van der Waals surface area contributed by atoms with Crippen LogP contribution in [0.5, 0.6) is 0 Å². The average Bonchev–Trinajstić information content (AvgIpc) is 3.14. The van der Waals surface area contributed by atoms with Crippen molar-refractivity contribution >= 4 is 5.91 Å². The third-order valence-corrected chi connectivity index (χ3v) is 4.29. The van der Waals surface area contributed by atoms with Gasteiger partial charge in [-0.3, -0.25) is 10.1 Å². The lowest BCUT2D eigenvalue weighted by Gasteiger charge is -2.24. The fourth-order valence-electron chi connectivity index (χ4n) is 2.85. The van der Waals surface area contributed by atoms with Gasteiger partial charge < -0.3 is 4.90 Å². The van der Waals surface area contributed by atoms with E-state index >= 15 is 0 Å². The summed E-state index contributed by atoms with van der Waals surface area (Å²) in [6.45, 7) is 5.12. The first-order valence-electron chi connectivity index (χ1n) is 7.32. The molecule has 1 unspecified atom stereocenters. The Bertz CT molecular complexity index is 476. The largest absolute Gasteiger partial charge is 0.321 e. The van der Waals surface area contributed by atoms with Crippen LogP contribution in [0.4, 0.5) is 0 Å². The Kier molecular flexibility index (Phi) is 3.09. The minimum Gasteiger partial charge on any atom is -0.321 e. The highest BCUT2D eigenvalue weighted by molar-refractivity contribution is 5.92. The van der Waals surface area contributed by atoms with Crippen molar-refractivity contribution in [1.82, 2.24) is 10.2 Å². The lowest BCUT2D eigenvalue weighted by atomic mass is 10.1. The molecule has 1 saturated carbocycles. The minimum atomic E-state index is -0.219. The summed E-state index contributed by atoms with van der Waals surface area (Å²) >= 11 is 0. The van der Waals surface area contributed by atoms with E-state index in [0.717, 1.165) is 32.2 Å². The van der Waals surface area contributed by atoms with E-state index in [-0.39, 0.29) is 11.7 Å². The van der Waals surface area contributed by atoms with Crippen LogP contribution in [-0.4, -0.2) is 22.9 Å². The lowest BCUT2D eigenvalue weighted by molar-refractivity contribution is -0.130. The Labute approximate surface area is 115 Å². The van der Waals surface area contributed by atoms with Crippen LogP contribution in [0.3, 0.4) is 0 Å². The summed E-state index contributed by atoms with van der Waals surface area (Å²) in [6.07, 6.45) is 4.26. The van der Waals surface area contributed by atoms with Crippen molar-refractivity contribution in [2.24, 2.45) is 0 Å². The highest BCUT2D eigenvalue weighted by Gasteiger charge is 2.59. The standard InChI is InChI=1S/C16H22N2O/c1-3-4-11-18-14(13-7-5-12(2)6-8-13)17-16(9-10-16)15(18)19/h5-8,14,17H,3-4,9-11H2,1-2H3. The molecule has 1 aliphatic carbocycles. The van der Waals surface area contributed by atoms with Crippen LogP contribution in [0.15, 0.2) is 24.3 Å². The zero-order valence-electron chi connectivity index (χ0n) is 11.8. The SMILES string of the molecule is CCCCN1C(=O)C2(CC2)NC1c1ccc(C)cc1. The molecular weight excluding hydrogens is 236 g/mol. The molecule has 2 fully saturated rings. The summed E-state index contributed by atoms with van der Waals surface area (Å²) in [6, 6.07) is 8.52. The quantitative estimate of drug-likeness (QED) is 0.900. The van der Waals surface area contributed by atoms with Gasteiger partial charge in [0.15, 0.2) is 0 Å². The maximum Gasteiger partial charge on any atom is 0.244 e. The molecular formula is C16H22N2O. The van der Waals surface area contributed by atoms with E-state index in [1.807, 2.05) is 4.90 Å². The number of carbonyl (C=O) groups excluding carboxylic acids is 1. The zero-order chi connectivity index (χ0) is 13.5. The number of rotatable bonds is 4. The van der Waals surface area contributed by atoms with Crippen LogP contribution < -0.4 is 5.32 Å². The number of unbranched alkanes of at least 4 members (excludes halogenated alkanes) is 1. The van der Waals surface area contributed by atoms with E-state index in [1.165, 1.54) is 11.1 Å². The molecule has 3 nitrogen and oxygen atoms in total. The van der Waals surface area contributed by atoms with Crippen LogP contribution in [0.2, 0.25) is 0 Å². The van der Waals surface area contributed by atoms with Crippen LogP contribution in [0.1, 0.15) is 49.9 Å². The molecule has 0 aromatic heterocycles. The summed E-state index contributed by atoms with van der Waals surface area (Å²) in [5.41, 5.74) is 2.25. The summed E-state index contributed by atoms with van der Waals surface area (Å²) in [5, 5.41) is 3.56. The second-order valence-electron chi connectivity index (χ2n) is 5.89. The Balaban J connectivity index is 1.85. The van der Waals surface area contributed by atoms with Gasteiger partial charge >= 0.3 is 0 Å². The van der Waals surface area contributed by atoms with Gasteiger partial charge in [0.2, 0.25) is 5.91 Å². The molecule has 0 bridgehead atoms. The van der Waals surface area contributed by atoms with Gasteiger partial charge in [-0.15, -0.1) is 0 Å². The maximum absolute atomic E-state index is 12.5. The van der Waals surface area contributed by atoms with Crippen molar-refractivity contribution in [3.8, 4) is 0 Å². The first kappa shape index (κ1) is 12.7. The molecule has 102 valence electrons. The van der Waals surface area contributed by atoms with Crippen molar-refractivity contribution in [2.75, 3.05) is 6.54 Å². The number of nitrogens with zero attached hydrogens (tertiary/aromatic N) is 1. The van der Waals surface area contributed by atoms with Crippen molar-refractivity contribution in [3.05, 3.63) is 35.4 Å². The number of amides is 1. The van der Waals surface area contributed by atoms with Gasteiger partial charge in [0.1, 0.15) is 11.7 Å². The molecule has 1 spiro atoms.